The SMILES string of the molecule is Cc1c(/C=C\c2ccc(N(C)C)cc2)c(C)c2c(C)c3c(C)c(C)c(/C=C\c4ccc(N(C)C)cc4)c(C)c3c(C)c2c1C. The van der Waals surface area contributed by atoms with E-state index >= 15 is 0 Å². The molecule has 44 heavy (non-hydrogen) atoms. The molecule has 0 N–H and O–H groups in total. The molecule has 0 aliphatic heterocycles. The van der Waals surface area contributed by atoms with Gasteiger partial charge in [-0.2, -0.15) is 0 Å². The third kappa shape index (κ3) is 5.32. The van der Waals surface area contributed by atoms with Crippen LogP contribution in [0.5, 0.6) is 0 Å². The fourth-order valence-electron chi connectivity index (χ4n) is 7.11. The third-order valence-corrected chi connectivity index (χ3v) is 9.94. The monoisotopic (exact) mass is 580 g/mol. The summed E-state index contributed by atoms with van der Waals surface area (Å²) in [6.45, 7) is 18.5. The van der Waals surface area contributed by atoms with Crippen molar-refractivity contribution in [3.63, 3.8) is 0 Å². The van der Waals surface area contributed by atoms with E-state index in [9.17, 15) is 0 Å². The van der Waals surface area contributed by atoms with Crippen molar-refractivity contribution < 1.29 is 0 Å². The zero-order valence-corrected chi connectivity index (χ0v) is 28.8. The van der Waals surface area contributed by atoms with Gasteiger partial charge in [0.25, 0.3) is 0 Å². The summed E-state index contributed by atoms with van der Waals surface area (Å²) in [5.41, 5.74) is 18.5. The topological polar surface area (TPSA) is 6.48 Å². The number of hydrogen-bond acceptors (Lipinski definition) is 2. The molecular formula is C42H48N2. The molecule has 5 rings (SSSR count). The Labute approximate surface area is 265 Å². The van der Waals surface area contributed by atoms with Gasteiger partial charge in [0.2, 0.25) is 0 Å². The highest BCUT2D eigenvalue weighted by Gasteiger charge is 2.21. The van der Waals surface area contributed by atoms with Crippen LogP contribution in [-0.4, -0.2) is 28.2 Å². The summed E-state index contributed by atoms with van der Waals surface area (Å²) in [7, 11) is 8.32. The van der Waals surface area contributed by atoms with Gasteiger partial charge in [-0.3, -0.25) is 0 Å². The summed E-state index contributed by atoms with van der Waals surface area (Å²) < 4.78 is 0. The van der Waals surface area contributed by atoms with E-state index in [1.54, 1.807) is 0 Å². The molecule has 0 saturated heterocycles. The molecule has 0 radical (unpaired) electrons. The Morgan fingerprint density at radius 3 is 0.932 bits per heavy atom. The van der Waals surface area contributed by atoms with E-state index < -0.39 is 0 Å². The largest absolute Gasteiger partial charge is 0.378 e. The van der Waals surface area contributed by atoms with E-state index in [1.807, 2.05) is 0 Å². The van der Waals surface area contributed by atoms with Crippen LogP contribution >= 0.6 is 0 Å². The second-order valence-corrected chi connectivity index (χ2v) is 13.0. The van der Waals surface area contributed by atoms with Crippen molar-refractivity contribution in [2.24, 2.45) is 0 Å². The summed E-state index contributed by atoms with van der Waals surface area (Å²) in [6, 6.07) is 17.5. The van der Waals surface area contributed by atoms with Gasteiger partial charge >= 0.3 is 0 Å². The molecule has 0 bridgehead atoms. The van der Waals surface area contributed by atoms with Crippen LogP contribution in [0.25, 0.3) is 45.8 Å². The molecule has 0 atom stereocenters. The molecule has 0 aromatic heterocycles. The van der Waals surface area contributed by atoms with Crippen molar-refractivity contribution in [1.82, 2.24) is 0 Å². The van der Waals surface area contributed by atoms with Crippen LogP contribution in [0.1, 0.15) is 66.8 Å². The molecule has 0 aliphatic rings. The minimum absolute atomic E-state index is 1.22. The summed E-state index contributed by atoms with van der Waals surface area (Å²) in [5, 5.41) is 5.65. The minimum Gasteiger partial charge on any atom is -0.378 e. The maximum atomic E-state index is 2.34. The highest BCUT2D eigenvalue weighted by atomic mass is 15.1. The number of aryl methyl sites for hydroxylation is 6. The lowest BCUT2D eigenvalue weighted by molar-refractivity contribution is 1.13. The summed E-state index contributed by atoms with van der Waals surface area (Å²) in [6.07, 6.45) is 9.16. The Kier molecular flexibility index (Phi) is 8.49. The van der Waals surface area contributed by atoms with Crippen molar-refractivity contribution in [3.05, 3.63) is 115 Å². The Morgan fingerprint density at radius 1 is 0.341 bits per heavy atom. The number of nitrogens with zero attached hydrogens (tertiary/aromatic N) is 2. The number of hydrogen-bond donors (Lipinski definition) is 0. The smallest absolute Gasteiger partial charge is 0.0361 e. The first-order valence-electron chi connectivity index (χ1n) is 15.7. The lowest BCUT2D eigenvalue weighted by Gasteiger charge is -2.24. The van der Waals surface area contributed by atoms with Gasteiger partial charge in [-0.05, 0) is 168 Å². The fraction of sp³-hybridized carbons (Fsp3) is 0.286. The third-order valence-electron chi connectivity index (χ3n) is 9.94. The summed E-state index contributed by atoms with van der Waals surface area (Å²) in [5.74, 6) is 0. The van der Waals surface area contributed by atoms with Gasteiger partial charge in [0.1, 0.15) is 0 Å². The molecule has 2 nitrogen and oxygen atoms in total. The van der Waals surface area contributed by atoms with Gasteiger partial charge in [-0.15, -0.1) is 0 Å². The van der Waals surface area contributed by atoms with Gasteiger partial charge in [0, 0.05) is 39.6 Å². The van der Waals surface area contributed by atoms with Crippen LogP contribution in [0.3, 0.4) is 0 Å². The average molecular weight is 581 g/mol. The van der Waals surface area contributed by atoms with E-state index in [1.165, 1.54) is 99.7 Å². The fourth-order valence-corrected chi connectivity index (χ4v) is 7.11. The quantitative estimate of drug-likeness (QED) is 0.146. The molecule has 0 spiro atoms. The molecule has 0 fully saturated rings. The lowest BCUT2D eigenvalue weighted by Crippen LogP contribution is -2.07. The Morgan fingerprint density at radius 2 is 0.636 bits per heavy atom. The van der Waals surface area contributed by atoms with Crippen LogP contribution in [0, 0.1) is 55.4 Å². The van der Waals surface area contributed by atoms with E-state index in [2.05, 4.69) is 166 Å². The molecular weight excluding hydrogens is 532 g/mol. The van der Waals surface area contributed by atoms with Gasteiger partial charge in [-0.1, -0.05) is 48.6 Å². The van der Waals surface area contributed by atoms with E-state index in [-0.39, 0.29) is 0 Å². The van der Waals surface area contributed by atoms with Crippen molar-refractivity contribution >= 4 is 57.2 Å². The van der Waals surface area contributed by atoms with Crippen LogP contribution in [-0.2, 0) is 0 Å². The molecule has 0 saturated carbocycles. The first kappa shape index (κ1) is 31.1. The molecule has 0 aliphatic carbocycles. The average Bonchev–Trinajstić information content (AvgIpc) is 2.99. The van der Waals surface area contributed by atoms with Crippen LogP contribution in [0.4, 0.5) is 11.4 Å². The predicted molar refractivity (Wildman–Crippen MR) is 199 cm³/mol. The number of rotatable bonds is 6. The molecule has 0 unspecified atom stereocenters. The van der Waals surface area contributed by atoms with Crippen LogP contribution in [0.2, 0.25) is 0 Å². The molecule has 2 heteroatoms. The standard InChI is InChI=1S/C42H48N2/c1-25-27(3)39-31(7)42-30(6)38(24-18-34-15-21-36(22-16-34)44(11)12)26(2)28(4)40(42)32(8)41(39)29(5)37(25)23-17-33-13-19-35(20-14-33)43(9)10/h13-24H,1-12H3/b23-17-,24-18-. The van der Waals surface area contributed by atoms with Gasteiger partial charge in [0.05, 0.1) is 0 Å². The first-order valence-corrected chi connectivity index (χ1v) is 15.7. The second-order valence-electron chi connectivity index (χ2n) is 13.0. The van der Waals surface area contributed by atoms with Crippen molar-refractivity contribution in [2.75, 3.05) is 38.0 Å². The molecule has 226 valence electrons. The normalized spacial score (nSPS) is 11.9. The van der Waals surface area contributed by atoms with Crippen molar-refractivity contribution in [1.29, 1.82) is 0 Å². The molecule has 0 amide bonds. The van der Waals surface area contributed by atoms with Crippen LogP contribution < -0.4 is 9.80 Å². The van der Waals surface area contributed by atoms with Gasteiger partial charge in [-0.25, -0.2) is 0 Å². The van der Waals surface area contributed by atoms with Gasteiger partial charge in [0.15, 0.2) is 0 Å². The number of benzene rings is 5. The van der Waals surface area contributed by atoms with Crippen molar-refractivity contribution in [3.8, 4) is 0 Å². The zero-order valence-electron chi connectivity index (χ0n) is 28.8. The first-order chi connectivity index (χ1) is 20.8. The minimum atomic E-state index is 1.22. The maximum absolute atomic E-state index is 2.34. The molecule has 0 heterocycles. The van der Waals surface area contributed by atoms with Gasteiger partial charge < -0.3 is 9.80 Å². The highest BCUT2D eigenvalue weighted by molar-refractivity contribution is 6.12. The van der Waals surface area contributed by atoms with Crippen LogP contribution in [0.15, 0.2) is 48.5 Å². The molecule has 5 aromatic carbocycles. The van der Waals surface area contributed by atoms with Crippen molar-refractivity contribution in [2.45, 2.75) is 55.4 Å². The van der Waals surface area contributed by atoms with E-state index in [0.29, 0.717) is 0 Å². The number of fused-ring (bicyclic) bond motifs is 2. The van der Waals surface area contributed by atoms with E-state index in [0.717, 1.165) is 0 Å². The predicted octanol–water partition coefficient (Wildman–Crippen LogP) is 10.9. The summed E-state index contributed by atoms with van der Waals surface area (Å²) >= 11 is 0. The Bertz CT molecular complexity index is 1800. The van der Waals surface area contributed by atoms with E-state index in [4.69, 9.17) is 0 Å². The lowest BCUT2D eigenvalue weighted by atomic mass is 9.80. The highest BCUT2D eigenvalue weighted by Crippen LogP contribution is 2.43. The maximum Gasteiger partial charge on any atom is 0.0361 e. The Balaban J connectivity index is 1.69. The summed E-state index contributed by atoms with van der Waals surface area (Å²) in [4.78, 5) is 4.28. The zero-order chi connectivity index (χ0) is 32.0. The molecule has 5 aromatic rings. The second kappa shape index (κ2) is 12.0. The number of anilines is 2. The Hall–Kier alpha value is -4.30.